The van der Waals surface area contributed by atoms with Crippen molar-refractivity contribution in [3.63, 3.8) is 0 Å². The van der Waals surface area contributed by atoms with Gasteiger partial charge in [0.15, 0.2) is 16.6 Å². The zero-order chi connectivity index (χ0) is 63.4. The average Bonchev–Trinajstić information content (AvgIpc) is 0.847. The smallest absolute Gasteiger partial charge is 0.250 e. The van der Waals surface area contributed by atoms with E-state index in [9.17, 15) is 5.21 Å². The number of hydrogen-bond donors (Lipinski definition) is 0. The summed E-state index contributed by atoms with van der Waals surface area (Å²) in [4.78, 5) is 15.2. The molecule has 8 rings (SSSR count). The number of aromatic nitrogens is 4. The third kappa shape index (κ3) is 15.4. The van der Waals surface area contributed by atoms with Crippen molar-refractivity contribution in [2.24, 2.45) is 0 Å². The van der Waals surface area contributed by atoms with Crippen molar-refractivity contribution in [3.8, 4) is 45.8 Å². The van der Waals surface area contributed by atoms with E-state index in [4.69, 9.17) is 42.8 Å². The number of hydrogen-bond acceptors (Lipinski definition) is 12. The molecule has 0 bridgehead atoms. The van der Waals surface area contributed by atoms with Crippen molar-refractivity contribution in [1.29, 1.82) is 0 Å². The number of aryl methyl sites for hydroxylation is 6. The summed E-state index contributed by atoms with van der Waals surface area (Å²) in [6, 6.07) is 16.8. The van der Waals surface area contributed by atoms with Crippen LogP contribution in [0.5, 0.6) is 23.0 Å². The molecule has 11 nitrogen and oxygen atoms in total. The van der Waals surface area contributed by atoms with E-state index in [2.05, 4.69) is 168 Å². The summed E-state index contributed by atoms with van der Waals surface area (Å²) in [6.07, 6.45) is 0. The van der Waals surface area contributed by atoms with Gasteiger partial charge in [0.05, 0.1) is 57.5 Å². The van der Waals surface area contributed by atoms with Crippen LogP contribution in [-0.4, -0.2) is 60.0 Å². The second kappa shape index (κ2) is 29.5. The van der Waals surface area contributed by atoms with Crippen LogP contribution in [0.4, 0.5) is 0 Å². The van der Waals surface area contributed by atoms with E-state index in [1.807, 2.05) is 39.8 Å². The summed E-state index contributed by atoms with van der Waals surface area (Å²) in [7, 11) is 11.9. The lowest BCUT2D eigenvalue weighted by Gasteiger charge is -2.36. The fraction of sp³-hybridized carbons (Fsp3) is 0.446. The molecule has 0 aliphatic rings. The van der Waals surface area contributed by atoms with Crippen LogP contribution in [-0.2, 0) is 97.7 Å². The van der Waals surface area contributed by atoms with E-state index in [-0.39, 0.29) is 24.1 Å². The first kappa shape index (κ1) is 72.4. The normalized spacial score (nSPS) is 11.7. The van der Waals surface area contributed by atoms with Crippen LogP contribution in [0.1, 0.15) is 116 Å². The lowest BCUT2D eigenvalue weighted by atomic mass is 9.96. The number of pyridine rings is 4. The van der Waals surface area contributed by atoms with Gasteiger partial charge < -0.3 is 33.0 Å². The van der Waals surface area contributed by atoms with Crippen molar-refractivity contribution in [1.82, 2.24) is 15.0 Å². The maximum Gasteiger partial charge on any atom is 0.250 e. The topological polar surface area (TPSA) is 121 Å². The molecular weight excluding hydrogens is 1260 g/mol. The Morgan fingerprint density at radius 3 is 1.29 bits per heavy atom. The van der Waals surface area contributed by atoms with Gasteiger partial charge in [0.2, 0.25) is 5.69 Å². The fourth-order valence-electron chi connectivity index (χ4n) is 9.88. The van der Waals surface area contributed by atoms with Gasteiger partial charge in [0.1, 0.15) is 35.3 Å². The molecule has 4 heterocycles. The van der Waals surface area contributed by atoms with Crippen LogP contribution >= 0.6 is 0 Å². The Hall–Kier alpha value is -4.37. The van der Waals surface area contributed by atoms with Crippen molar-refractivity contribution in [2.45, 2.75) is 168 Å². The lowest BCUT2D eigenvalue weighted by molar-refractivity contribution is -0.603. The average molecular weight is 1350 g/mol. The van der Waals surface area contributed by atoms with E-state index in [0.717, 1.165) is 138 Å². The number of benzene rings is 4. The molecule has 466 valence electrons. The molecule has 0 N–H and O–H groups in total. The maximum absolute atomic E-state index is 14.2. The summed E-state index contributed by atoms with van der Waals surface area (Å²) in [5.41, 5.74) is 14.9. The summed E-state index contributed by atoms with van der Waals surface area (Å²) < 4.78 is 37.6. The number of nitrogens with zero attached hydrogens (tertiary/aromatic N) is 4. The minimum Gasteiger partial charge on any atom is -0.618 e. The standard InChI is InChI=1S/C32H42N2O4Si.C32H42N2O3Si.CH4.S8/c1-18-13-23-15-27(33-22(5)28(23)31(37-10)21(18)4)29-25-14-19(2)20(3)30(36-9)26(25)16-24(34(29)35)17-38-39(11,12)32(6,7)8;1-18-13-23-15-27(33-22(5)28(23)31(36-10)21(18)4)29-25-14-19(2)20(3)30(35-9)26(25)16-24(34-29)17-37-38(11,12)32(6,7)8;;1-3-5-7-8-6-4-2/h13-16H,17H2,1-12H3;13-16H,17H2,1-12H3;1H4;. The monoisotopic (exact) mass is 1350 g/mol. The maximum atomic E-state index is 14.2. The quantitative estimate of drug-likeness (QED) is 0.0658. The molecule has 0 spiro atoms. The first-order valence-corrected chi connectivity index (χ1v) is 43.0. The minimum absolute atomic E-state index is 0. The highest BCUT2D eigenvalue weighted by Gasteiger charge is 2.39. The predicted molar refractivity (Wildman–Crippen MR) is 389 cm³/mol. The summed E-state index contributed by atoms with van der Waals surface area (Å²) in [5.74, 6) is 3.36. The first-order valence-electron chi connectivity index (χ1n) is 27.9. The largest absolute Gasteiger partial charge is 0.618 e. The van der Waals surface area contributed by atoms with Gasteiger partial charge in [-0.05, 0) is 191 Å². The molecule has 4 aromatic carbocycles. The third-order valence-corrected chi connectivity index (χ3v) is 37.3. The Labute approximate surface area is 541 Å². The Morgan fingerprint density at radius 1 is 0.477 bits per heavy atom. The zero-order valence-corrected chi connectivity index (χ0v) is 62.5. The highest BCUT2D eigenvalue weighted by atomic mass is 33.4. The number of methoxy groups -OCH3 is 4. The number of rotatable bonds is 12. The van der Waals surface area contributed by atoms with Crippen molar-refractivity contribution >= 4 is 135 Å². The molecule has 4 aromatic heterocycles. The van der Waals surface area contributed by atoms with Crippen LogP contribution in [0.2, 0.25) is 36.3 Å². The Kier molecular flexibility index (Phi) is 24.8. The van der Waals surface area contributed by atoms with Crippen molar-refractivity contribution in [2.75, 3.05) is 28.4 Å². The Bertz CT molecular complexity index is 4170. The molecule has 0 radical (unpaired) electrons. The van der Waals surface area contributed by atoms with E-state index < -0.39 is 16.6 Å². The highest BCUT2D eigenvalue weighted by molar-refractivity contribution is 8.70. The van der Waals surface area contributed by atoms with Crippen LogP contribution in [0.15, 0.2) is 48.5 Å². The molecule has 0 aliphatic heterocycles. The molecule has 0 saturated heterocycles. The Morgan fingerprint density at radius 2 is 0.860 bits per heavy atom. The SMILES string of the molecule is C.COc1c(C)c(C)cc2c(-c3cc4cc(C)c(C)c(OC)c4c(C)n3)[n+]([O-])c(CO[Si](C)(C)C(C)(C)C)cc12.COc1c(C)c(C)cc2c(-c3cc4cc(C)c(C)c(OC)c4c(C)n3)nc(CO[Si](C)(C)C(C)(C)C)cc12.S=S=S=S=S=S=S=S. The molecule has 0 aliphatic carbocycles. The molecule has 0 fully saturated rings. The van der Waals surface area contributed by atoms with Gasteiger partial charge in [-0.25, -0.2) is 9.97 Å². The van der Waals surface area contributed by atoms with E-state index in [1.165, 1.54) is 23.3 Å². The third-order valence-electron chi connectivity index (χ3n) is 17.2. The van der Waals surface area contributed by atoms with Crippen LogP contribution in [0.25, 0.3) is 65.9 Å². The molecule has 21 heteroatoms. The number of fused-ring (bicyclic) bond motifs is 4. The predicted octanol–water partition coefficient (Wildman–Crippen LogP) is 16.9. The van der Waals surface area contributed by atoms with Gasteiger partial charge >= 0.3 is 0 Å². The molecule has 86 heavy (non-hydrogen) atoms. The highest BCUT2D eigenvalue weighted by Crippen LogP contribution is 2.44. The Balaban J connectivity index is 0.000000276. The van der Waals surface area contributed by atoms with Crippen LogP contribution < -0.4 is 23.7 Å². The van der Waals surface area contributed by atoms with Gasteiger partial charge in [-0.2, -0.15) is 4.73 Å². The van der Waals surface area contributed by atoms with Gasteiger partial charge in [-0.15, -0.1) is 0 Å². The second-order valence-electron chi connectivity index (χ2n) is 24.6. The lowest BCUT2D eigenvalue weighted by Crippen LogP contribution is -2.43. The van der Waals surface area contributed by atoms with Gasteiger partial charge in [-0.1, -0.05) is 61.1 Å². The molecule has 0 saturated carbocycles. The molecule has 0 atom stereocenters. The van der Waals surface area contributed by atoms with E-state index in [1.54, 1.807) is 64.0 Å². The van der Waals surface area contributed by atoms with E-state index in [0.29, 0.717) is 23.7 Å². The summed E-state index contributed by atoms with van der Waals surface area (Å²) in [5, 5.41) is 22.2. The molecular formula is C65H88N4O7S8Si2. The van der Waals surface area contributed by atoms with Crippen molar-refractivity contribution < 1.29 is 32.5 Å². The van der Waals surface area contributed by atoms with Gasteiger partial charge in [0.25, 0.3) is 5.69 Å². The van der Waals surface area contributed by atoms with Crippen molar-refractivity contribution in [3.05, 3.63) is 121 Å². The second-order valence-corrected chi connectivity index (χ2v) is 44.8. The van der Waals surface area contributed by atoms with Gasteiger partial charge in [0, 0.05) is 120 Å². The van der Waals surface area contributed by atoms with Crippen LogP contribution in [0.3, 0.4) is 0 Å². The molecule has 0 unspecified atom stereocenters. The molecule has 0 amide bonds. The van der Waals surface area contributed by atoms with Crippen LogP contribution in [0, 0.1) is 74.4 Å². The fourth-order valence-corrected chi connectivity index (χ4v) is 22.7. The first-order chi connectivity index (χ1) is 39.7. The summed E-state index contributed by atoms with van der Waals surface area (Å²) in [6.45, 7) is 43.7. The van der Waals surface area contributed by atoms with Gasteiger partial charge in [-0.3, -0.25) is 4.98 Å². The number of ether oxygens (including phenoxy) is 4. The minimum atomic E-state index is -2.10. The summed E-state index contributed by atoms with van der Waals surface area (Å²) >= 11 is 9.21. The molecule has 8 aromatic rings. The van der Waals surface area contributed by atoms with E-state index >= 15 is 0 Å². The zero-order valence-electron chi connectivity index (χ0n) is 53.9.